The molecule has 1 fully saturated rings. The number of amides is 2. The van der Waals surface area contributed by atoms with Gasteiger partial charge < -0.3 is 15.7 Å². The minimum Gasteiger partial charge on any atom is -0.481 e. The molecule has 6 heteroatoms. The van der Waals surface area contributed by atoms with Crippen molar-refractivity contribution in [3.05, 3.63) is 30.1 Å². The molecule has 20 heavy (non-hydrogen) atoms. The van der Waals surface area contributed by atoms with E-state index in [-0.39, 0.29) is 12.1 Å². The molecule has 0 spiro atoms. The van der Waals surface area contributed by atoms with Crippen molar-refractivity contribution in [2.24, 2.45) is 5.92 Å². The van der Waals surface area contributed by atoms with Gasteiger partial charge in [-0.05, 0) is 25.0 Å². The van der Waals surface area contributed by atoms with Crippen LogP contribution in [0.5, 0.6) is 0 Å². The third kappa shape index (κ3) is 3.94. The van der Waals surface area contributed by atoms with Crippen LogP contribution in [-0.2, 0) is 11.2 Å². The van der Waals surface area contributed by atoms with E-state index in [4.69, 9.17) is 5.11 Å². The Morgan fingerprint density at radius 2 is 2.20 bits per heavy atom. The highest BCUT2D eigenvalue weighted by Crippen LogP contribution is 2.25. The number of aromatic nitrogens is 1. The normalized spacial score (nSPS) is 21.4. The molecule has 0 aliphatic heterocycles. The van der Waals surface area contributed by atoms with E-state index >= 15 is 0 Å². The van der Waals surface area contributed by atoms with E-state index in [0.29, 0.717) is 19.4 Å². The molecule has 2 amide bonds. The van der Waals surface area contributed by atoms with E-state index in [1.54, 1.807) is 6.20 Å². The van der Waals surface area contributed by atoms with Crippen LogP contribution in [0, 0.1) is 5.92 Å². The average molecular weight is 277 g/mol. The first-order valence-electron chi connectivity index (χ1n) is 6.84. The van der Waals surface area contributed by atoms with Crippen LogP contribution in [-0.4, -0.2) is 34.7 Å². The van der Waals surface area contributed by atoms with E-state index in [2.05, 4.69) is 15.6 Å². The number of nitrogens with zero attached hydrogens (tertiary/aromatic N) is 1. The maximum atomic E-state index is 11.7. The molecule has 0 saturated heterocycles. The third-order valence-electron chi connectivity index (χ3n) is 3.54. The van der Waals surface area contributed by atoms with Gasteiger partial charge in [-0.2, -0.15) is 0 Å². The topological polar surface area (TPSA) is 91.3 Å². The summed E-state index contributed by atoms with van der Waals surface area (Å²) in [5, 5.41) is 14.5. The number of nitrogens with one attached hydrogen (secondary N) is 2. The van der Waals surface area contributed by atoms with E-state index in [1.807, 2.05) is 18.2 Å². The Hall–Kier alpha value is -2.11. The molecule has 3 N–H and O–H groups in total. The summed E-state index contributed by atoms with van der Waals surface area (Å²) < 4.78 is 0. The van der Waals surface area contributed by atoms with Gasteiger partial charge in [-0.25, -0.2) is 4.79 Å². The summed E-state index contributed by atoms with van der Waals surface area (Å²) in [4.78, 5) is 26.9. The number of hydrogen-bond acceptors (Lipinski definition) is 3. The van der Waals surface area contributed by atoms with Crippen molar-refractivity contribution in [1.82, 2.24) is 15.6 Å². The second kappa shape index (κ2) is 6.88. The van der Waals surface area contributed by atoms with Crippen LogP contribution in [0.1, 0.15) is 25.0 Å². The molecule has 1 aromatic rings. The van der Waals surface area contributed by atoms with Crippen LogP contribution in [0.25, 0.3) is 0 Å². The van der Waals surface area contributed by atoms with Crippen LogP contribution in [0.2, 0.25) is 0 Å². The average Bonchev–Trinajstić information content (AvgIpc) is 2.88. The number of hydrogen-bond donors (Lipinski definition) is 3. The molecule has 108 valence electrons. The van der Waals surface area contributed by atoms with Gasteiger partial charge in [0, 0.05) is 30.9 Å². The van der Waals surface area contributed by atoms with Gasteiger partial charge in [0.2, 0.25) is 0 Å². The Bertz CT molecular complexity index is 464. The minimum atomic E-state index is -0.832. The molecular weight excluding hydrogens is 258 g/mol. The van der Waals surface area contributed by atoms with Crippen molar-refractivity contribution in [3.63, 3.8) is 0 Å². The zero-order chi connectivity index (χ0) is 14.4. The Labute approximate surface area is 117 Å². The Morgan fingerprint density at radius 3 is 2.90 bits per heavy atom. The fourth-order valence-electron chi connectivity index (χ4n) is 2.50. The van der Waals surface area contributed by atoms with Crippen molar-refractivity contribution in [1.29, 1.82) is 0 Å². The van der Waals surface area contributed by atoms with E-state index < -0.39 is 11.9 Å². The molecule has 1 saturated carbocycles. The number of rotatable bonds is 5. The van der Waals surface area contributed by atoms with Crippen molar-refractivity contribution >= 4 is 12.0 Å². The first-order chi connectivity index (χ1) is 9.66. The number of carboxylic acid groups (broad SMARTS) is 1. The number of carboxylic acids is 1. The monoisotopic (exact) mass is 277 g/mol. The third-order valence-corrected chi connectivity index (χ3v) is 3.54. The van der Waals surface area contributed by atoms with Gasteiger partial charge in [-0.3, -0.25) is 9.78 Å². The lowest BCUT2D eigenvalue weighted by Gasteiger charge is -2.17. The number of pyridine rings is 1. The van der Waals surface area contributed by atoms with E-state index in [1.165, 1.54) is 0 Å². The second-order valence-corrected chi connectivity index (χ2v) is 4.95. The largest absolute Gasteiger partial charge is 0.481 e. The molecule has 1 heterocycles. The van der Waals surface area contributed by atoms with Crippen LogP contribution in [0.15, 0.2) is 24.4 Å². The molecule has 6 nitrogen and oxygen atoms in total. The van der Waals surface area contributed by atoms with Gasteiger partial charge >= 0.3 is 12.0 Å². The predicted molar refractivity (Wildman–Crippen MR) is 73.2 cm³/mol. The molecule has 0 bridgehead atoms. The van der Waals surface area contributed by atoms with Gasteiger partial charge in [0.15, 0.2) is 0 Å². The molecule has 2 unspecified atom stereocenters. The fourth-order valence-corrected chi connectivity index (χ4v) is 2.50. The van der Waals surface area contributed by atoms with E-state index in [9.17, 15) is 9.59 Å². The smallest absolute Gasteiger partial charge is 0.315 e. The fraction of sp³-hybridized carbons (Fsp3) is 0.500. The highest BCUT2D eigenvalue weighted by atomic mass is 16.4. The van der Waals surface area contributed by atoms with E-state index in [0.717, 1.165) is 18.5 Å². The minimum absolute atomic E-state index is 0.262. The summed E-state index contributed by atoms with van der Waals surface area (Å²) in [7, 11) is 0. The van der Waals surface area contributed by atoms with Gasteiger partial charge in [0.1, 0.15) is 0 Å². The van der Waals surface area contributed by atoms with Crippen molar-refractivity contribution in [2.45, 2.75) is 31.7 Å². The zero-order valence-corrected chi connectivity index (χ0v) is 11.2. The van der Waals surface area contributed by atoms with Crippen molar-refractivity contribution < 1.29 is 14.7 Å². The molecule has 2 atom stereocenters. The van der Waals surface area contributed by atoms with Gasteiger partial charge in [-0.1, -0.05) is 12.5 Å². The number of carbonyl (C=O) groups excluding carboxylic acids is 1. The Kier molecular flexibility index (Phi) is 4.92. The quantitative estimate of drug-likeness (QED) is 0.753. The summed E-state index contributed by atoms with van der Waals surface area (Å²) in [6.45, 7) is 0.479. The Morgan fingerprint density at radius 1 is 1.35 bits per heavy atom. The summed E-state index contributed by atoms with van der Waals surface area (Å²) in [6, 6.07) is 5.08. The van der Waals surface area contributed by atoms with Crippen LogP contribution >= 0.6 is 0 Å². The predicted octanol–water partition coefficient (Wildman–Crippen LogP) is 1.18. The van der Waals surface area contributed by atoms with Gasteiger partial charge in [-0.15, -0.1) is 0 Å². The van der Waals surface area contributed by atoms with Gasteiger partial charge in [0.25, 0.3) is 0 Å². The molecule has 0 radical (unpaired) electrons. The lowest BCUT2D eigenvalue weighted by molar-refractivity contribution is -0.142. The number of carbonyl (C=O) groups is 2. The number of urea groups is 1. The summed E-state index contributed by atoms with van der Waals surface area (Å²) in [6.07, 6.45) is 4.57. The summed E-state index contributed by atoms with van der Waals surface area (Å²) in [5.41, 5.74) is 0.914. The van der Waals surface area contributed by atoms with Crippen molar-refractivity contribution in [3.8, 4) is 0 Å². The molecular formula is C14H19N3O3. The standard InChI is InChI=1S/C14H19N3O3/c18-13(19)11-5-3-6-12(11)17-14(20)16-9-7-10-4-1-2-8-15-10/h1-2,4,8,11-12H,3,5-7,9H2,(H,18,19)(H2,16,17,20). The summed E-state index contributed by atoms with van der Waals surface area (Å²) in [5.74, 6) is -1.29. The maximum absolute atomic E-state index is 11.7. The molecule has 1 aliphatic carbocycles. The lowest BCUT2D eigenvalue weighted by Crippen LogP contribution is -2.45. The molecule has 1 aromatic heterocycles. The van der Waals surface area contributed by atoms with Crippen LogP contribution < -0.4 is 10.6 Å². The summed E-state index contributed by atoms with van der Waals surface area (Å²) >= 11 is 0. The van der Waals surface area contributed by atoms with Crippen molar-refractivity contribution in [2.75, 3.05) is 6.54 Å². The van der Waals surface area contributed by atoms with Crippen LogP contribution in [0.4, 0.5) is 4.79 Å². The van der Waals surface area contributed by atoms with Gasteiger partial charge in [0.05, 0.1) is 5.92 Å². The zero-order valence-electron chi connectivity index (χ0n) is 11.2. The number of aliphatic carboxylic acids is 1. The maximum Gasteiger partial charge on any atom is 0.315 e. The first-order valence-corrected chi connectivity index (χ1v) is 6.84. The molecule has 0 aromatic carbocycles. The highest BCUT2D eigenvalue weighted by Gasteiger charge is 2.33. The Balaban J connectivity index is 1.71. The molecule has 1 aliphatic rings. The first kappa shape index (κ1) is 14.3. The highest BCUT2D eigenvalue weighted by molar-refractivity contribution is 5.77. The SMILES string of the molecule is O=C(NCCc1ccccn1)NC1CCCC1C(=O)O. The second-order valence-electron chi connectivity index (χ2n) is 4.95. The van der Waals surface area contributed by atoms with Crippen LogP contribution in [0.3, 0.4) is 0 Å². The lowest BCUT2D eigenvalue weighted by atomic mass is 10.0. The molecule has 2 rings (SSSR count).